The predicted octanol–water partition coefficient (Wildman–Crippen LogP) is 3.20. The van der Waals surface area contributed by atoms with Gasteiger partial charge in [0.05, 0.1) is 16.7 Å². The standard InChI is InChI=1S/C13H14BrClN2O2S/c14-10-3-1-2-4-12(10)17-20(18,19)13-7-9(8-16)5-6-11(13)15/h5-7,10,12,17H,1-4H2. The van der Waals surface area contributed by atoms with E-state index in [2.05, 4.69) is 20.7 Å². The van der Waals surface area contributed by atoms with Gasteiger partial charge in [-0.2, -0.15) is 5.26 Å². The summed E-state index contributed by atoms with van der Waals surface area (Å²) in [4.78, 5) is 0.0902. The second kappa shape index (κ2) is 6.44. The van der Waals surface area contributed by atoms with E-state index in [-0.39, 0.29) is 26.4 Å². The average Bonchev–Trinajstić information content (AvgIpc) is 2.41. The van der Waals surface area contributed by atoms with Crippen LogP contribution >= 0.6 is 27.5 Å². The lowest BCUT2D eigenvalue weighted by Gasteiger charge is -2.28. The highest BCUT2D eigenvalue weighted by Crippen LogP contribution is 2.28. The molecule has 1 aliphatic rings. The zero-order valence-corrected chi connectivity index (χ0v) is 13.8. The minimum Gasteiger partial charge on any atom is -0.207 e. The third kappa shape index (κ3) is 3.53. The topological polar surface area (TPSA) is 70.0 Å². The van der Waals surface area contributed by atoms with E-state index in [1.807, 2.05) is 6.07 Å². The molecule has 0 spiro atoms. The Morgan fingerprint density at radius 3 is 2.70 bits per heavy atom. The van der Waals surface area contributed by atoms with Crippen molar-refractivity contribution in [3.8, 4) is 6.07 Å². The fourth-order valence-corrected chi connectivity index (χ4v) is 4.99. The normalized spacial score (nSPS) is 23.2. The maximum absolute atomic E-state index is 12.4. The highest BCUT2D eigenvalue weighted by Gasteiger charge is 2.29. The number of nitrogens with zero attached hydrogens (tertiary/aromatic N) is 1. The quantitative estimate of drug-likeness (QED) is 0.822. The minimum absolute atomic E-state index is 0.0384. The Morgan fingerprint density at radius 1 is 1.35 bits per heavy atom. The molecule has 2 rings (SSSR count). The summed E-state index contributed by atoms with van der Waals surface area (Å²) in [6.07, 6.45) is 3.84. The fraction of sp³-hybridized carbons (Fsp3) is 0.462. The molecule has 1 N–H and O–H groups in total. The first-order valence-electron chi connectivity index (χ1n) is 6.30. The van der Waals surface area contributed by atoms with Crippen LogP contribution in [0.4, 0.5) is 0 Å². The molecule has 1 aromatic rings. The molecular weight excluding hydrogens is 364 g/mol. The second-order valence-electron chi connectivity index (χ2n) is 4.79. The SMILES string of the molecule is N#Cc1ccc(Cl)c(S(=O)(=O)NC2CCCCC2Br)c1. The van der Waals surface area contributed by atoms with Crippen LogP contribution in [0.25, 0.3) is 0 Å². The van der Waals surface area contributed by atoms with Crippen molar-refractivity contribution in [2.24, 2.45) is 0 Å². The Hall–Kier alpha value is -0.610. The Morgan fingerprint density at radius 2 is 2.05 bits per heavy atom. The monoisotopic (exact) mass is 376 g/mol. The van der Waals surface area contributed by atoms with Crippen LogP contribution in [-0.4, -0.2) is 19.3 Å². The summed E-state index contributed by atoms with van der Waals surface area (Å²) >= 11 is 9.47. The summed E-state index contributed by atoms with van der Waals surface area (Å²) in [5, 5.41) is 8.99. The zero-order chi connectivity index (χ0) is 14.8. The van der Waals surface area contributed by atoms with E-state index >= 15 is 0 Å². The van der Waals surface area contributed by atoms with Crippen LogP contribution in [0, 0.1) is 11.3 Å². The number of nitriles is 1. The molecule has 0 aromatic heterocycles. The molecule has 4 nitrogen and oxygen atoms in total. The molecule has 0 heterocycles. The van der Waals surface area contributed by atoms with Gasteiger partial charge in [-0.05, 0) is 31.0 Å². The molecule has 0 radical (unpaired) electrons. The van der Waals surface area contributed by atoms with E-state index in [0.717, 1.165) is 25.7 Å². The first-order valence-corrected chi connectivity index (χ1v) is 9.08. The highest BCUT2D eigenvalue weighted by molar-refractivity contribution is 9.09. The summed E-state index contributed by atoms with van der Waals surface area (Å²) in [7, 11) is -3.72. The maximum Gasteiger partial charge on any atom is 0.242 e. The Balaban J connectivity index is 2.28. The van der Waals surface area contributed by atoms with Gasteiger partial charge in [0.15, 0.2) is 0 Å². The molecule has 1 aliphatic carbocycles. The van der Waals surface area contributed by atoms with E-state index in [1.165, 1.54) is 18.2 Å². The first-order chi connectivity index (χ1) is 9.44. The van der Waals surface area contributed by atoms with Crippen LogP contribution in [0.3, 0.4) is 0 Å². The number of nitrogens with one attached hydrogen (secondary N) is 1. The number of alkyl halides is 1. The van der Waals surface area contributed by atoms with Gasteiger partial charge in [0.1, 0.15) is 4.90 Å². The smallest absolute Gasteiger partial charge is 0.207 e. The van der Waals surface area contributed by atoms with Crippen LogP contribution in [0.5, 0.6) is 0 Å². The van der Waals surface area contributed by atoms with Crippen molar-refractivity contribution in [3.63, 3.8) is 0 Å². The van der Waals surface area contributed by atoms with Crippen LogP contribution in [-0.2, 0) is 10.0 Å². The number of rotatable bonds is 3. The number of benzene rings is 1. The van der Waals surface area contributed by atoms with E-state index in [9.17, 15) is 8.42 Å². The average molecular weight is 378 g/mol. The molecule has 2 unspecified atom stereocenters. The number of hydrogen-bond acceptors (Lipinski definition) is 3. The molecule has 2 atom stereocenters. The summed E-state index contributed by atoms with van der Waals surface area (Å²) < 4.78 is 27.5. The van der Waals surface area contributed by atoms with Gasteiger partial charge in [-0.25, -0.2) is 13.1 Å². The van der Waals surface area contributed by atoms with Gasteiger partial charge in [-0.1, -0.05) is 40.4 Å². The molecule has 0 aliphatic heterocycles. The van der Waals surface area contributed by atoms with E-state index in [1.54, 1.807) is 0 Å². The zero-order valence-electron chi connectivity index (χ0n) is 10.6. The molecule has 1 aromatic carbocycles. The second-order valence-corrected chi connectivity index (χ2v) is 8.05. The molecule has 1 saturated carbocycles. The largest absolute Gasteiger partial charge is 0.242 e. The van der Waals surface area contributed by atoms with Crippen LogP contribution in [0.1, 0.15) is 31.2 Å². The number of sulfonamides is 1. The Kier molecular flexibility index (Phi) is 5.08. The lowest BCUT2D eigenvalue weighted by atomic mass is 9.96. The van der Waals surface area contributed by atoms with Crippen molar-refractivity contribution in [1.29, 1.82) is 5.26 Å². The van der Waals surface area contributed by atoms with E-state index < -0.39 is 10.0 Å². The third-order valence-electron chi connectivity index (χ3n) is 3.34. The van der Waals surface area contributed by atoms with Crippen molar-refractivity contribution < 1.29 is 8.42 Å². The molecule has 0 bridgehead atoms. The maximum atomic E-state index is 12.4. The Labute approximate surface area is 132 Å². The third-order valence-corrected chi connectivity index (χ3v) is 6.41. The van der Waals surface area contributed by atoms with E-state index in [4.69, 9.17) is 16.9 Å². The number of halogens is 2. The molecule has 108 valence electrons. The summed E-state index contributed by atoms with van der Waals surface area (Å²) in [6.45, 7) is 0. The molecule has 0 amide bonds. The minimum atomic E-state index is -3.72. The van der Waals surface area contributed by atoms with Crippen molar-refractivity contribution in [2.45, 2.75) is 41.4 Å². The first kappa shape index (κ1) is 15.8. The van der Waals surface area contributed by atoms with Crippen molar-refractivity contribution in [2.75, 3.05) is 0 Å². The van der Waals surface area contributed by atoms with Crippen molar-refractivity contribution in [3.05, 3.63) is 28.8 Å². The summed E-state index contributed by atoms with van der Waals surface area (Å²) in [5.41, 5.74) is 0.272. The lowest BCUT2D eigenvalue weighted by Crippen LogP contribution is -2.42. The van der Waals surface area contributed by atoms with Gasteiger partial charge in [0.2, 0.25) is 10.0 Å². The van der Waals surface area contributed by atoms with Gasteiger partial charge in [-0.3, -0.25) is 0 Å². The van der Waals surface area contributed by atoms with Crippen LogP contribution in [0.15, 0.2) is 23.1 Å². The van der Waals surface area contributed by atoms with Gasteiger partial charge in [-0.15, -0.1) is 0 Å². The summed E-state index contributed by atoms with van der Waals surface area (Å²) in [5.74, 6) is 0. The van der Waals surface area contributed by atoms with Crippen LogP contribution < -0.4 is 4.72 Å². The van der Waals surface area contributed by atoms with Gasteiger partial charge >= 0.3 is 0 Å². The lowest BCUT2D eigenvalue weighted by molar-refractivity contribution is 0.427. The van der Waals surface area contributed by atoms with Gasteiger partial charge in [0, 0.05) is 10.9 Å². The predicted molar refractivity (Wildman–Crippen MR) is 81.5 cm³/mol. The molecule has 20 heavy (non-hydrogen) atoms. The molecule has 0 saturated heterocycles. The van der Waals surface area contributed by atoms with Gasteiger partial charge < -0.3 is 0 Å². The van der Waals surface area contributed by atoms with E-state index in [0.29, 0.717) is 0 Å². The molecule has 1 fully saturated rings. The fourth-order valence-electron chi connectivity index (χ4n) is 2.26. The highest BCUT2D eigenvalue weighted by atomic mass is 79.9. The van der Waals surface area contributed by atoms with Crippen molar-refractivity contribution in [1.82, 2.24) is 4.72 Å². The number of hydrogen-bond donors (Lipinski definition) is 1. The molecule has 7 heteroatoms. The Bertz CT molecular complexity index is 642. The molecular formula is C13H14BrClN2O2S. The summed E-state index contributed by atoms with van der Waals surface area (Å²) in [6, 6.07) is 6.01. The van der Waals surface area contributed by atoms with Crippen LogP contribution in [0.2, 0.25) is 5.02 Å². The van der Waals surface area contributed by atoms with Gasteiger partial charge in [0.25, 0.3) is 0 Å². The van der Waals surface area contributed by atoms with Crippen molar-refractivity contribution >= 4 is 37.6 Å².